The molecule has 4 aromatic carbocycles. The molecule has 2 N–H and O–H groups in total. The number of amides is 10. The lowest BCUT2D eigenvalue weighted by Gasteiger charge is -2.13. The quantitative estimate of drug-likeness (QED) is 0.0256. The van der Waals surface area contributed by atoms with Gasteiger partial charge in [0.25, 0.3) is 59.1 Å². The van der Waals surface area contributed by atoms with Gasteiger partial charge in [0.05, 0.1) is 72.2 Å². The van der Waals surface area contributed by atoms with Crippen LogP contribution in [0.4, 0.5) is 23.2 Å². The highest BCUT2D eigenvalue weighted by Crippen LogP contribution is 2.29. The van der Waals surface area contributed by atoms with Crippen molar-refractivity contribution in [1.82, 2.24) is 35.9 Å². The van der Waals surface area contributed by atoms with E-state index in [1.165, 1.54) is 40.1 Å². The molecular weight excluding hydrogens is 1240 g/mol. The average Bonchev–Trinajstić information content (AvgIpc) is 1.43. The van der Waals surface area contributed by atoms with Crippen molar-refractivity contribution in [1.29, 1.82) is 0 Å². The molecule has 4 fully saturated rings. The normalized spacial score (nSPS) is 16.1. The van der Waals surface area contributed by atoms with Crippen LogP contribution in [0.5, 0.6) is 17.2 Å². The van der Waals surface area contributed by atoms with E-state index in [1.54, 1.807) is 77.5 Å². The Morgan fingerprint density at radius 1 is 0.500 bits per heavy atom. The zero-order valence-electron chi connectivity index (χ0n) is 52.3. The van der Waals surface area contributed by atoms with Gasteiger partial charge in [0.15, 0.2) is 36.7 Å². The number of aryl methyl sites for hydroxylation is 1. The first kappa shape index (κ1) is 78.8. The Labute approximate surface area is 525 Å². The second-order valence-corrected chi connectivity index (χ2v) is 18.7. The number of nitro benzene ring substituents is 1. The van der Waals surface area contributed by atoms with E-state index in [-0.39, 0.29) is 123 Å². The molecule has 5 aliphatic heterocycles. The third-order valence-corrected chi connectivity index (χ3v) is 12.2. The number of nitrogens with one attached hydrogen (secondary N) is 2. The third kappa shape index (κ3) is 23.2. The highest BCUT2D eigenvalue weighted by molar-refractivity contribution is 6.20. The van der Waals surface area contributed by atoms with Crippen molar-refractivity contribution in [3.8, 4) is 17.2 Å². The molecular formula is C58H72F4N8O22. The first-order chi connectivity index (χ1) is 43.7. The first-order valence-electron chi connectivity index (χ1n) is 27.2. The van der Waals surface area contributed by atoms with E-state index in [0.717, 1.165) is 45.1 Å². The maximum absolute atomic E-state index is 12.8. The Morgan fingerprint density at radius 3 is 1.24 bits per heavy atom. The van der Waals surface area contributed by atoms with Crippen molar-refractivity contribution in [2.75, 3.05) is 83.8 Å². The van der Waals surface area contributed by atoms with Gasteiger partial charge in [-0.25, -0.2) is 18.5 Å². The van der Waals surface area contributed by atoms with Crippen LogP contribution in [0.2, 0.25) is 0 Å². The highest BCUT2D eigenvalue weighted by atomic mass is 19.2. The van der Waals surface area contributed by atoms with Gasteiger partial charge in [0.2, 0.25) is 11.6 Å². The highest BCUT2D eigenvalue weighted by Gasteiger charge is 2.38. The summed E-state index contributed by atoms with van der Waals surface area (Å²) in [6, 6.07) is 20.8. The van der Waals surface area contributed by atoms with Crippen LogP contribution in [0.1, 0.15) is 84.2 Å². The molecule has 30 nitrogen and oxygen atoms in total. The summed E-state index contributed by atoms with van der Waals surface area (Å²) in [5.41, 5.74) is 1.35. The molecule has 0 spiro atoms. The zero-order valence-corrected chi connectivity index (χ0v) is 52.3. The molecule has 34 heteroatoms. The summed E-state index contributed by atoms with van der Waals surface area (Å²) >= 11 is 0. The Balaban J connectivity index is 0.000000360. The second kappa shape index (κ2) is 40.5. The van der Waals surface area contributed by atoms with E-state index in [4.69, 9.17) is 28.6 Å². The van der Waals surface area contributed by atoms with E-state index >= 15 is 0 Å². The zero-order chi connectivity index (χ0) is 69.4. The van der Waals surface area contributed by atoms with Crippen LogP contribution in [0.25, 0.3) is 0 Å². The van der Waals surface area contributed by atoms with Gasteiger partial charge < -0.3 is 23.7 Å². The van der Waals surface area contributed by atoms with Gasteiger partial charge in [-0.2, -0.15) is 29.0 Å². The number of nitro groups is 1. The molecule has 0 bridgehead atoms. The van der Waals surface area contributed by atoms with Crippen molar-refractivity contribution < 1.29 is 118 Å². The average molecular weight is 1310 g/mol. The molecule has 504 valence electrons. The molecule has 0 saturated carbocycles. The van der Waals surface area contributed by atoms with Crippen LogP contribution in [0.15, 0.2) is 72.8 Å². The lowest BCUT2D eigenvalue weighted by Crippen LogP contribution is -2.32. The number of carbonyl (C=O) groups is 10. The molecule has 0 radical (unpaired) electrons. The maximum atomic E-state index is 12.8. The Hall–Kier alpha value is -9.26. The number of benzene rings is 4. The first-order valence-corrected chi connectivity index (χ1v) is 27.2. The van der Waals surface area contributed by atoms with E-state index in [2.05, 4.69) is 36.8 Å². The summed E-state index contributed by atoms with van der Waals surface area (Å²) in [5.74, 6) is -9.25. The summed E-state index contributed by atoms with van der Waals surface area (Å²) in [4.78, 5) is 143. The molecule has 2 atom stereocenters. The van der Waals surface area contributed by atoms with E-state index in [0.29, 0.717) is 24.6 Å². The van der Waals surface area contributed by atoms with Gasteiger partial charge >= 0.3 is 5.69 Å². The molecule has 4 saturated heterocycles. The van der Waals surface area contributed by atoms with Crippen molar-refractivity contribution in [2.24, 2.45) is 11.8 Å². The van der Waals surface area contributed by atoms with Crippen molar-refractivity contribution in [2.45, 2.75) is 66.2 Å². The summed E-state index contributed by atoms with van der Waals surface area (Å²) in [6.07, 6.45) is 1.51. The summed E-state index contributed by atoms with van der Waals surface area (Å²) in [6.45, 7) is 6.82. The number of carbonyl (C=O) groups excluding carboxylic acids is 10. The second-order valence-electron chi connectivity index (χ2n) is 18.7. The maximum Gasteiger partial charge on any atom is 0.310 e. The Morgan fingerprint density at radius 2 is 0.902 bits per heavy atom. The molecule has 10 amide bonds. The number of hydroxylamine groups is 10. The number of hydrogen-bond donors (Lipinski definition) is 2. The smallest absolute Gasteiger partial charge is 0.310 e. The van der Waals surface area contributed by atoms with Crippen LogP contribution in [0.3, 0.4) is 0 Å². The fourth-order valence-corrected chi connectivity index (χ4v) is 7.45. The molecule has 92 heavy (non-hydrogen) atoms. The van der Waals surface area contributed by atoms with Gasteiger partial charge in [-0.15, -0.1) is 5.06 Å². The molecule has 2 unspecified atom stereocenters. The number of ether oxygens (including phenoxy) is 5. The van der Waals surface area contributed by atoms with Crippen molar-refractivity contribution in [3.63, 3.8) is 0 Å². The minimum atomic E-state index is -1.51. The van der Waals surface area contributed by atoms with Gasteiger partial charge in [0, 0.05) is 62.0 Å². The van der Waals surface area contributed by atoms with Crippen LogP contribution in [-0.2, 0) is 72.0 Å². The Bertz CT molecular complexity index is 3100. The molecule has 9 rings (SSSR count). The Kier molecular flexibility index (Phi) is 34.7. The van der Waals surface area contributed by atoms with Gasteiger partial charge in [-0.3, -0.25) is 83.2 Å². The van der Waals surface area contributed by atoms with E-state index in [9.17, 15) is 75.6 Å². The number of nitrogens with zero attached hydrogens (tertiary/aromatic N) is 6. The molecule has 5 aliphatic rings. The molecule has 0 aliphatic carbocycles. The van der Waals surface area contributed by atoms with Crippen molar-refractivity contribution in [3.05, 3.63) is 128 Å². The fraction of sp³-hybridized carbons (Fsp3) is 0.414. The number of imide groups is 5. The minimum Gasteiger partial charge on any atom is -0.497 e. The number of methoxy groups -OCH3 is 3. The molecule has 5 heterocycles. The SMILES string of the molecule is CNCOCON1C(=O)CC(C)C1=O.CNCOCON1C(=O)CCC1=O.CON1C(=O)CC(C)C1=O.CON1C(=O)CCC1=O.CON1C(=O)c2ccccc2C1=O.COc1c(F)c(F)c(C)c(F)c1F.COc1ccc(C)cc1.COc1ccccc1[N+](=O)[O-]. The number of para-hydroxylation sites is 2. The lowest BCUT2D eigenvalue weighted by molar-refractivity contribution is -0.385. The summed E-state index contributed by atoms with van der Waals surface area (Å²) < 4.78 is 74.8. The number of rotatable bonds is 17. The van der Waals surface area contributed by atoms with Crippen molar-refractivity contribution >= 4 is 64.8 Å². The lowest BCUT2D eigenvalue weighted by atomic mass is 10.1. The molecule has 0 aromatic heterocycles. The van der Waals surface area contributed by atoms with Crippen LogP contribution < -0.4 is 24.8 Å². The van der Waals surface area contributed by atoms with E-state index < -0.39 is 51.3 Å². The molecule has 4 aromatic rings. The summed E-state index contributed by atoms with van der Waals surface area (Å²) in [7, 11) is 11.3. The number of fused-ring (bicyclic) bond motifs is 1. The largest absolute Gasteiger partial charge is 0.497 e. The van der Waals surface area contributed by atoms with Crippen LogP contribution >= 0.6 is 0 Å². The number of hydrogen-bond acceptors (Lipinski definition) is 24. The number of halogens is 4. The summed E-state index contributed by atoms with van der Waals surface area (Å²) in [5, 5.41) is 19.7. The van der Waals surface area contributed by atoms with Gasteiger partial charge in [-0.05, 0) is 58.3 Å². The van der Waals surface area contributed by atoms with Gasteiger partial charge in [0.1, 0.15) is 5.75 Å². The predicted molar refractivity (Wildman–Crippen MR) is 308 cm³/mol. The van der Waals surface area contributed by atoms with Crippen LogP contribution in [0, 0.1) is 59.1 Å². The fourth-order valence-electron chi connectivity index (χ4n) is 7.45. The van der Waals surface area contributed by atoms with E-state index in [1.807, 2.05) is 24.3 Å². The third-order valence-electron chi connectivity index (χ3n) is 12.2. The monoisotopic (exact) mass is 1310 g/mol. The predicted octanol–water partition coefficient (Wildman–Crippen LogP) is 5.33. The standard InChI is InChI=1S/C9H7NO3.C8H6F4O.C8H14N2O4.C8H10O.C7H12N2O4.C7H7NO3.C6H9NO3.C5H7NO3/c1-13-10-8(11)6-4-2-3-5-7(6)9(10)12;1-3-4(9)6(11)8(13-2)7(12)5(3)10;1-6-3-7(11)10(8(6)12)14-5-13-4-9-2;1-7-3-5-8(9-2)6-4-7;1-8-4-12-5-13-9-6(10)2-3-7(9)11;1-11-7-5-3-2-4-6(7)8(9)10;1-4-3-5(8)7(10-2)6(4)9;1-9-6-4(7)2-3-5(6)8/h2-5H,1H3;1-2H3;6,9H,3-5H2,1-2H3;3-6H,1-2H3;8H,2-5H2,1H3;2-5H,1H3;4H,3H2,1-2H3;2-3H2,1H3. The van der Waals surface area contributed by atoms with Gasteiger partial charge in [-0.1, -0.05) is 55.8 Å². The van der Waals surface area contributed by atoms with Crippen LogP contribution in [-0.4, -0.2) is 173 Å². The topological polar surface area (TPSA) is 346 Å². The minimum absolute atomic E-state index is 0.00463.